The van der Waals surface area contributed by atoms with Gasteiger partial charge < -0.3 is 4.74 Å². The summed E-state index contributed by atoms with van der Waals surface area (Å²) in [6, 6.07) is 6.29. The minimum atomic E-state index is -1.15. The molecule has 0 aliphatic rings. The lowest BCUT2D eigenvalue weighted by Gasteiger charge is -2.02. The number of benzene rings is 1. The third-order valence-corrected chi connectivity index (χ3v) is 1.57. The number of halogens is 2. The molecule has 0 saturated heterocycles. The molecule has 4 heteroatoms. The number of carbonyl (C=O) groups is 1. The third-order valence-electron chi connectivity index (χ3n) is 1.26. The van der Waals surface area contributed by atoms with E-state index in [0.29, 0.717) is 0 Å². The number of hydrogen-bond acceptors (Lipinski definition) is 2. The summed E-state index contributed by atoms with van der Waals surface area (Å²) in [6.45, 7) is 2.80. The highest BCUT2D eigenvalue weighted by Crippen LogP contribution is 2.23. The van der Waals surface area contributed by atoms with E-state index in [0.717, 1.165) is 0 Å². The maximum absolute atomic E-state index is 12.2. The highest BCUT2D eigenvalue weighted by molar-refractivity contribution is 6.32. The summed E-state index contributed by atoms with van der Waals surface area (Å²) < 4.78 is 16.8. The number of carbonyl (C=O) groups excluding carboxylic acids is 1. The zero-order chi connectivity index (χ0) is 9.84. The van der Waals surface area contributed by atoms with Crippen LogP contribution in [-0.2, 0) is 4.79 Å². The Balaban J connectivity index is 2.81. The summed E-state index contributed by atoms with van der Waals surface area (Å²) in [5, 5.41) is 0.247. The second-order valence-corrected chi connectivity index (χ2v) is 2.63. The lowest BCUT2D eigenvalue weighted by atomic mass is 10.3. The standard InChI is InChI=1S/C9H6ClFO2/c1-6(11)9(12)13-8-5-3-2-4-7(8)10/h2-5H,1H2. The fraction of sp³-hybridized carbons (Fsp3) is 0. The Hall–Kier alpha value is -1.35. The van der Waals surface area contributed by atoms with E-state index in [1.165, 1.54) is 12.1 Å². The summed E-state index contributed by atoms with van der Waals surface area (Å²) in [4.78, 5) is 10.7. The van der Waals surface area contributed by atoms with Crippen LogP contribution >= 0.6 is 11.6 Å². The van der Waals surface area contributed by atoms with Crippen molar-refractivity contribution >= 4 is 17.6 Å². The molecule has 1 aromatic rings. The number of para-hydroxylation sites is 1. The minimum Gasteiger partial charge on any atom is -0.420 e. The van der Waals surface area contributed by atoms with Crippen LogP contribution in [-0.4, -0.2) is 5.97 Å². The first-order valence-corrected chi connectivity index (χ1v) is 3.80. The van der Waals surface area contributed by atoms with E-state index in [2.05, 4.69) is 11.3 Å². The minimum absolute atomic E-state index is 0.118. The summed E-state index contributed by atoms with van der Waals surface area (Å²) in [7, 11) is 0. The normalized spacial score (nSPS) is 9.38. The van der Waals surface area contributed by atoms with E-state index in [-0.39, 0.29) is 10.8 Å². The molecule has 0 spiro atoms. The second kappa shape index (κ2) is 4.05. The molecule has 13 heavy (non-hydrogen) atoms. The molecule has 0 N–H and O–H groups in total. The molecule has 0 atom stereocenters. The molecule has 1 rings (SSSR count). The topological polar surface area (TPSA) is 26.3 Å². The van der Waals surface area contributed by atoms with Gasteiger partial charge in [0.2, 0.25) is 5.83 Å². The maximum atomic E-state index is 12.2. The third kappa shape index (κ3) is 2.56. The number of ether oxygens (including phenoxy) is 1. The molecule has 0 radical (unpaired) electrons. The number of hydrogen-bond donors (Lipinski definition) is 0. The zero-order valence-electron chi connectivity index (χ0n) is 6.59. The highest BCUT2D eigenvalue weighted by Gasteiger charge is 2.10. The molecule has 0 aliphatic carbocycles. The molecule has 0 aliphatic heterocycles. The van der Waals surface area contributed by atoms with Gasteiger partial charge in [-0.2, -0.15) is 4.39 Å². The van der Waals surface area contributed by atoms with E-state index in [9.17, 15) is 9.18 Å². The van der Waals surface area contributed by atoms with Gasteiger partial charge in [0.25, 0.3) is 0 Å². The molecule has 1 aromatic carbocycles. The molecule has 68 valence electrons. The van der Waals surface area contributed by atoms with Gasteiger partial charge in [-0.3, -0.25) is 0 Å². The van der Waals surface area contributed by atoms with Crippen molar-refractivity contribution in [2.24, 2.45) is 0 Å². The fourth-order valence-corrected chi connectivity index (χ4v) is 0.857. The lowest BCUT2D eigenvalue weighted by molar-refractivity contribution is -0.131. The molecule has 0 fully saturated rings. The monoisotopic (exact) mass is 200 g/mol. The van der Waals surface area contributed by atoms with Crippen LogP contribution in [0.15, 0.2) is 36.7 Å². The van der Waals surface area contributed by atoms with Crippen molar-refractivity contribution in [2.45, 2.75) is 0 Å². The Kier molecular flexibility index (Phi) is 3.03. The molecule has 0 unspecified atom stereocenters. The van der Waals surface area contributed by atoms with E-state index >= 15 is 0 Å². The highest BCUT2D eigenvalue weighted by atomic mass is 35.5. The van der Waals surface area contributed by atoms with Gasteiger partial charge in [-0.25, -0.2) is 4.79 Å². The summed E-state index contributed by atoms with van der Waals surface area (Å²) >= 11 is 5.64. The van der Waals surface area contributed by atoms with Crippen molar-refractivity contribution in [3.05, 3.63) is 41.7 Å². The summed E-state index contributed by atoms with van der Waals surface area (Å²) in [5.41, 5.74) is 0. The van der Waals surface area contributed by atoms with Crippen LogP contribution in [0.5, 0.6) is 5.75 Å². The van der Waals surface area contributed by atoms with Crippen molar-refractivity contribution in [3.63, 3.8) is 0 Å². The van der Waals surface area contributed by atoms with Crippen LogP contribution in [0.4, 0.5) is 4.39 Å². The summed E-state index contributed by atoms with van der Waals surface area (Å²) in [6.07, 6.45) is 0. The molecule has 0 aromatic heterocycles. The van der Waals surface area contributed by atoms with Gasteiger partial charge >= 0.3 is 5.97 Å². The fourth-order valence-electron chi connectivity index (χ4n) is 0.683. The SMILES string of the molecule is C=C(F)C(=O)Oc1ccccc1Cl. The Morgan fingerprint density at radius 2 is 2.08 bits per heavy atom. The molecule has 2 nitrogen and oxygen atoms in total. The zero-order valence-corrected chi connectivity index (χ0v) is 7.34. The molecule has 0 heterocycles. The van der Waals surface area contributed by atoms with Crippen LogP contribution < -0.4 is 4.74 Å². The Bertz CT molecular complexity index is 349. The van der Waals surface area contributed by atoms with Crippen molar-refractivity contribution in [1.29, 1.82) is 0 Å². The number of rotatable bonds is 2. The average molecular weight is 201 g/mol. The number of esters is 1. The van der Waals surface area contributed by atoms with Crippen molar-refractivity contribution in [3.8, 4) is 5.75 Å². The van der Waals surface area contributed by atoms with Gasteiger partial charge in [0, 0.05) is 0 Å². The Labute approximate surface area is 79.6 Å². The van der Waals surface area contributed by atoms with E-state index in [4.69, 9.17) is 11.6 Å². The molecular weight excluding hydrogens is 195 g/mol. The molecular formula is C9H6ClFO2. The first-order valence-electron chi connectivity index (χ1n) is 3.42. The Morgan fingerprint density at radius 3 is 2.62 bits per heavy atom. The van der Waals surface area contributed by atoms with Gasteiger partial charge in [0.1, 0.15) is 5.75 Å². The van der Waals surface area contributed by atoms with Crippen molar-refractivity contribution in [2.75, 3.05) is 0 Å². The molecule has 0 bridgehead atoms. The van der Waals surface area contributed by atoms with Gasteiger partial charge in [-0.05, 0) is 12.1 Å². The summed E-state index contributed by atoms with van der Waals surface area (Å²) in [5.74, 6) is -2.17. The first-order chi connectivity index (χ1) is 6.11. The van der Waals surface area contributed by atoms with Gasteiger partial charge in [-0.15, -0.1) is 0 Å². The van der Waals surface area contributed by atoms with Gasteiger partial charge in [0.15, 0.2) is 0 Å². The first kappa shape index (κ1) is 9.74. The molecule has 0 saturated carbocycles. The van der Waals surface area contributed by atoms with Crippen LogP contribution in [0.2, 0.25) is 5.02 Å². The maximum Gasteiger partial charge on any atom is 0.371 e. The second-order valence-electron chi connectivity index (χ2n) is 2.22. The van der Waals surface area contributed by atoms with E-state index in [1.54, 1.807) is 12.1 Å². The lowest BCUT2D eigenvalue weighted by Crippen LogP contribution is -2.07. The quantitative estimate of drug-likeness (QED) is 0.417. The predicted octanol–water partition coefficient (Wildman–Crippen LogP) is 2.73. The van der Waals surface area contributed by atoms with Gasteiger partial charge in [-0.1, -0.05) is 30.3 Å². The van der Waals surface area contributed by atoms with E-state index < -0.39 is 11.8 Å². The van der Waals surface area contributed by atoms with Gasteiger partial charge in [0.05, 0.1) is 5.02 Å². The largest absolute Gasteiger partial charge is 0.420 e. The average Bonchev–Trinajstić information content (AvgIpc) is 2.08. The predicted molar refractivity (Wildman–Crippen MR) is 47.3 cm³/mol. The van der Waals surface area contributed by atoms with Crippen molar-refractivity contribution in [1.82, 2.24) is 0 Å². The van der Waals surface area contributed by atoms with Crippen LogP contribution in [0.3, 0.4) is 0 Å². The molecule has 0 amide bonds. The van der Waals surface area contributed by atoms with E-state index in [1.807, 2.05) is 0 Å². The smallest absolute Gasteiger partial charge is 0.371 e. The van der Waals surface area contributed by atoms with Crippen molar-refractivity contribution < 1.29 is 13.9 Å². The van der Waals surface area contributed by atoms with Crippen LogP contribution in [0.25, 0.3) is 0 Å². The van der Waals surface area contributed by atoms with Crippen LogP contribution in [0, 0.1) is 0 Å². The van der Waals surface area contributed by atoms with Crippen LogP contribution in [0.1, 0.15) is 0 Å². The Morgan fingerprint density at radius 1 is 1.46 bits per heavy atom.